The van der Waals surface area contributed by atoms with Gasteiger partial charge in [0.15, 0.2) is 22.4 Å². The second-order valence-corrected chi connectivity index (χ2v) is 9.34. The second-order valence-electron chi connectivity index (χ2n) is 8.36. The van der Waals surface area contributed by atoms with Crippen LogP contribution >= 0.6 is 11.3 Å². The van der Waals surface area contributed by atoms with Gasteiger partial charge in [0.05, 0.1) is 35.4 Å². The lowest BCUT2D eigenvalue weighted by Gasteiger charge is -2.24. The number of amides is 1. The largest absolute Gasteiger partial charge is 0.507 e. The molecule has 37 heavy (non-hydrogen) atoms. The first-order valence-corrected chi connectivity index (χ1v) is 12.7. The second kappa shape index (κ2) is 10.9. The van der Waals surface area contributed by atoms with Crippen LogP contribution in [-0.2, 0) is 9.59 Å². The molecule has 1 saturated heterocycles. The number of ether oxygens (including phenoxy) is 2. The van der Waals surface area contributed by atoms with Gasteiger partial charge >= 0.3 is 5.91 Å². The Balaban J connectivity index is 1.94. The van der Waals surface area contributed by atoms with Crippen LogP contribution in [0.4, 0.5) is 5.13 Å². The normalized spacial score (nSPS) is 16.8. The number of pyridine rings is 1. The van der Waals surface area contributed by atoms with E-state index in [1.807, 2.05) is 13.8 Å². The van der Waals surface area contributed by atoms with E-state index >= 15 is 0 Å². The molecule has 0 bridgehead atoms. The third-order valence-electron chi connectivity index (χ3n) is 5.75. The molecule has 1 aliphatic heterocycles. The lowest BCUT2D eigenvalue weighted by Crippen LogP contribution is -2.29. The molecule has 0 aliphatic carbocycles. The summed E-state index contributed by atoms with van der Waals surface area (Å²) in [5.74, 6) is -1.26. The molecule has 4 rings (SSSR count). The molecular weight excluding hydrogens is 494 g/mol. The van der Waals surface area contributed by atoms with Gasteiger partial charge in [-0.3, -0.25) is 24.3 Å². The van der Waals surface area contributed by atoms with Gasteiger partial charge in [0.1, 0.15) is 5.76 Å². The predicted molar refractivity (Wildman–Crippen MR) is 139 cm³/mol. The van der Waals surface area contributed by atoms with Crippen LogP contribution in [0.3, 0.4) is 0 Å². The number of thiazole rings is 1. The zero-order valence-electron chi connectivity index (χ0n) is 21.0. The Labute approximate surface area is 218 Å². The van der Waals surface area contributed by atoms with Crippen molar-refractivity contribution in [1.82, 2.24) is 9.97 Å². The Morgan fingerprint density at radius 1 is 1.11 bits per heavy atom. The molecule has 3 aromatic rings. The molecule has 0 saturated carbocycles. The Morgan fingerprint density at radius 3 is 2.46 bits per heavy atom. The van der Waals surface area contributed by atoms with Crippen molar-refractivity contribution in [3.05, 3.63) is 70.0 Å². The first-order chi connectivity index (χ1) is 17.8. The summed E-state index contributed by atoms with van der Waals surface area (Å²) >= 11 is 1.03. The van der Waals surface area contributed by atoms with Gasteiger partial charge in [-0.25, -0.2) is 4.98 Å². The highest BCUT2D eigenvalue weighted by molar-refractivity contribution is 7.18. The van der Waals surface area contributed by atoms with Gasteiger partial charge in [-0.2, -0.15) is 0 Å². The van der Waals surface area contributed by atoms with Crippen molar-refractivity contribution in [2.45, 2.75) is 40.2 Å². The highest BCUT2D eigenvalue weighted by atomic mass is 32.1. The van der Waals surface area contributed by atoms with Crippen molar-refractivity contribution in [2.24, 2.45) is 0 Å². The maximum atomic E-state index is 13.4. The van der Waals surface area contributed by atoms with Crippen LogP contribution in [0.25, 0.3) is 5.76 Å². The average Bonchev–Trinajstić information content (AvgIpc) is 3.40. The Hall–Kier alpha value is -4.05. The minimum absolute atomic E-state index is 0.0990. The van der Waals surface area contributed by atoms with Crippen molar-refractivity contribution >= 4 is 39.7 Å². The maximum Gasteiger partial charge on any atom is 0.301 e. The number of nitrogens with zero attached hydrogens (tertiary/aromatic N) is 3. The maximum absolute atomic E-state index is 13.4. The number of ketones is 2. The molecule has 10 heteroatoms. The third kappa shape index (κ3) is 4.97. The molecule has 3 heterocycles. The van der Waals surface area contributed by atoms with Crippen molar-refractivity contribution in [3.63, 3.8) is 0 Å². The number of carbonyl (C=O) groups is 3. The lowest BCUT2D eigenvalue weighted by molar-refractivity contribution is -0.132. The molecule has 1 atom stereocenters. The molecule has 2 aromatic heterocycles. The number of aromatic nitrogens is 2. The molecule has 9 nitrogen and oxygen atoms in total. The molecule has 1 fully saturated rings. The van der Waals surface area contributed by atoms with E-state index in [1.165, 1.54) is 24.2 Å². The molecular formula is C27H27N3O6S. The summed E-state index contributed by atoms with van der Waals surface area (Å²) in [6.45, 7) is 7.79. The first kappa shape index (κ1) is 26.0. The molecule has 0 spiro atoms. The number of hydrogen-bond acceptors (Lipinski definition) is 9. The number of aliphatic hydroxyl groups excluding tert-OH is 1. The van der Waals surface area contributed by atoms with Crippen LogP contribution in [0.1, 0.15) is 59.7 Å². The number of benzene rings is 1. The SMILES string of the molecule is CCCOc1ccc(C2/C(=C(\O)c3ccncc3)C(=O)C(=O)N2c2nc(C)c(C(C)=O)s2)cc1OCC. The molecule has 1 aliphatic rings. The lowest BCUT2D eigenvalue weighted by atomic mass is 9.95. The Bertz CT molecular complexity index is 1380. The summed E-state index contributed by atoms with van der Waals surface area (Å²) in [7, 11) is 0. The number of carbonyl (C=O) groups excluding carboxylic acids is 3. The van der Waals surface area contributed by atoms with Gasteiger partial charge < -0.3 is 14.6 Å². The summed E-state index contributed by atoms with van der Waals surface area (Å²) < 4.78 is 11.6. The number of Topliss-reactive ketones (excluding diaryl/α,β-unsaturated/α-hetero) is 2. The minimum Gasteiger partial charge on any atom is -0.507 e. The quantitative estimate of drug-likeness (QED) is 0.183. The molecule has 1 aromatic carbocycles. The van der Waals surface area contributed by atoms with Crippen LogP contribution < -0.4 is 14.4 Å². The third-order valence-corrected chi connectivity index (χ3v) is 7.01. The van der Waals surface area contributed by atoms with Crippen molar-refractivity contribution in [1.29, 1.82) is 0 Å². The Kier molecular flexibility index (Phi) is 7.68. The summed E-state index contributed by atoms with van der Waals surface area (Å²) in [5, 5.41) is 11.4. The van der Waals surface area contributed by atoms with Crippen LogP contribution in [0.15, 0.2) is 48.3 Å². The zero-order chi connectivity index (χ0) is 26.7. The molecule has 1 amide bonds. The van der Waals surface area contributed by atoms with E-state index in [2.05, 4.69) is 9.97 Å². The van der Waals surface area contributed by atoms with E-state index in [-0.39, 0.29) is 22.2 Å². The molecule has 192 valence electrons. The Morgan fingerprint density at radius 2 is 1.84 bits per heavy atom. The van der Waals surface area contributed by atoms with E-state index in [0.29, 0.717) is 46.4 Å². The number of rotatable bonds is 9. The van der Waals surface area contributed by atoms with Gasteiger partial charge in [-0.15, -0.1) is 0 Å². The molecule has 0 radical (unpaired) electrons. The van der Waals surface area contributed by atoms with Gasteiger partial charge in [-0.05, 0) is 50.1 Å². The van der Waals surface area contributed by atoms with Crippen molar-refractivity contribution < 1.29 is 29.0 Å². The van der Waals surface area contributed by atoms with E-state index in [9.17, 15) is 19.5 Å². The van der Waals surface area contributed by atoms with Crippen LogP contribution in [0.5, 0.6) is 11.5 Å². The van der Waals surface area contributed by atoms with E-state index in [0.717, 1.165) is 17.8 Å². The number of aryl methyl sites for hydroxylation is 1. The number of anilines is 1. The standard InChI is InChI=1S/C27H27N3O6S/c1-5-13-36-19-8-7-18(14-20(19)35-6-2)22-21(23(32)17-9-11-28-12-10-17)24(33)26(34)30(22)27-29-15(3)25(37-27)16(4)31/h7-12,14,22,32H,5-6,13H2,1-4H3/b23-21+. The summed E-state index contributed by atoms with van der Waals surface area (Å²) in [5.41, 5.74) is 1.21. The fraction of sp³-hybridized carbons (Fsp3) is 0.296. The first-order valence-electron chi connectivity index (χ1n) is 11.9. The number of hydrogen-bond donors (Lipinski definition) is 1. The van der Waals surface area contributed by atoms with Gasteiger partial charge in [0.25, 0.3) is 5.78 Å². The summed E-state index contributed by atoms with van der Waals surface area (Å²) in [4.78, 5) is 48.9. The predicted octanol–water partition coefficient (Wildman–Crippen LogP) is 4.86. The van der Waals surface area contributed by atoms with Crippen molar-refractivity contribution in [2.75, 3.05) is 18.1 Å². The van der Waals surface area contributed by atoms with E-state index in [1.54, 1.807) is 37.3 Å². The van der Waals surface area contributed by atoms with E-state index in [4.69, 9.17) is 9.47 Å². The molecule has 1 unspecified atom stereocenters. The smallest absolute Gasteiger partial charge is 0.301 e. The monoisotopic (exact) mass is 521 g/mol. The highest BCUT2D eigenvalue weighted by Crippen LogP contribution is 2.45. The summed E-state index contributed by atoms with van der Waals surface area (Å²) in [6, 6.07) is 7.23. The fourth-order valence-electron chi connectivity index (χ4n) is 4.12. The van der Waals surface area contributed by atoms with E-state index < -0.39 is 17.7 Å². The zero-order valence-corrected chi connectivity index (χ0v) is 21.8. The number of aliphatic hydroxyl groups is 1. The van der Waals surface area contributed by atoms with Crippen LogP contribution in [0, 0.1) is 6.92 Å². The topological polar surface area (TPSA) is 119 Å². The van der Waals surface area contributed by atoms with Gasteiger partial charge in [-0.1, -0.05) is 24.3 Å². The van der Waals surface area contributed by atoms with Gasteiger partial charge in [0.2, 0.25) is 0 Å². The van der Waals surface area contributed by atoms with Crippen molar-refractivity contribution in [3.8, 4) is 11.5 Å². The average molecular weight is 522 g/mol. The fourth-order valence-corrected chi connectivity index (χ4v) is 5.11. The van der Waals surface area contributed by atoms with Crippen LogP contribution in [0.2, 0.25) is 0 Å². The highest BCUT2D eigenvalue weighted by Gasteiger charge is 2.48. The van der Waals surface area contributed by atoms with Crippen LogP contribution in [-0.4, -0.2) is 45.8 Å². The van der Waals surface area contributed by atoms with Gasteiger partial charge in [0, 0.05) is 24.9 Å². The molecule has 1 N–H and O–H groups in total. The minimum atomic E-state index is -1.02. The summed E-state index contributed by atoms with van der Waals surface area (Å²) in [6.07, 6.45) is 3.77.